The molecule has 0 atom stereocenters. The summed E-state index contributed by atoms with van der Waals surface area (Å²) in [5.41, 5.74) is 0.215. The minimum absolute atomic E-state index is 0.387. The van der Waals surface area contributed by atoms with Gasteiger partial charge >= 0.3 is 0 Å². The first-order valence-corrected chi connectivity index (χ1v) is 6.61. The zero-order valence-corrected chi connectivity index (χ0v) is 10.0. The number of rotatable bonds is 5. The quantitative estimate of drug-likeness (QED) is 0.732. The van der Waals surface area contributed by atoms with Crippen LogP contribution in [0, 0.1) is 5.41 Å². The molecule has 0 heterocycles. The molecular weight excluding hydrogens is 186 g/mol. The fraction of sp³-hybridized carbons (Fsp3) is 1.00. The fourth-order valence-electron chi connectivity index (χ4n) is 2.78. The molecule has 0 unspecified atom stereocenters. The summed E-state index contributed by atoms with van der Waals surface area (Å²) in [4.78, 5) is 0. The summed E-state index contributed by atoms with van der Waals surface area (Å²) in [6, 6.07) is 0. The van der Waals surface area contributed by atoms with Crippen LogP contribution in [-0.4, -0.2) is 23.8 Å². The zero-order chi connectivity index (χ0) is 10.8. The molecule has 2 heteroatoms. The van der Waals surface area contributed by atoms with Crippen molar-refractivity contribution in [1.82, 2.24) is 5.32 Å². The lowest BCUT2D eigenvalue weighted by molar-refractivity contribution is 0.00405. The van der Waals surface area contributed by atoms with E-state index in [-0.39, 0.29) is 5.60 Å². The van der Waals surface area contributed by atoms with Gasteiger partial charge in [0.1, 0.15) is 0 Å². The molecule has 0 bridgehead atoms. The molecule has 88 valence electrons. The largest absolute Gasteiger partial charge is 0.389 e. The third-order valence-corrected chi connectivity index (χ3v) is 4.45. The number of nitrogens with one attached hydrogen (secondary N) is 1. The van der Waals surface area contributed by atoms with E-state index in [9.17, 15) is 5.11 Å². The van der Waals surface area contributed by atoms with Crippen LogP contribution in [0.1, 0.15) is 58.3 Å². The molecule has 0 aromatic heterocycles. The van der Waals surface area contributed by atoms with E-state index in [1.54, 1.807) is 0 Å². The van der Waals surface area contributed by atoms with Crippen LogP contribution in [0.5, 0.6) is 0 Å². The molecule has 0 aromatic rings. The lowest BCUT2D eigenvalue weighted by Gasteiger charge is -2.32. The third kappa shape index (κ3) is 2.94. The summed E-state index contributed by atoms with van der Waals surface area (Å²) in [5.74, 6) is 0. The topological polar surface area (TPSA) is 32.3 Å². The summed E-state index contributed by atoms with van der Waals surface area (Å²) in [5, 5.41) is 13.8. The van der Waals surface area contributed by atoms with Crippen LogP contribution < -0.4 is 5.32 Å². The molecule has 2 aliphatic carbocycles. The predicted octanol–water partition coefficient (Wildman–Crippen LogP) is 2.46. The standard InChI is InChI=1S/C13H25NO/c1-2-12(8-9-12)10-14-11-13(15)6-4-3-5-7-13/h14-15H,2-11H2,1H3. The second-order valence-electron chi connectivity index (χ2n) is 5.74. The molecule has 2 aliphatic rings. The lowest BCUT2D eigenvalue weighted by Crippen LogP contribution is -2.43. The van der Waals surface area contributed by atoms with Crippen molar-refractivity contribution in [3.8, 4) is 0 Å². The average Bonchev–Trinajstić information content (AvgIpc) is 3.00. The van der Waals surface area contributed by atoms with Gasteiger partial charge in [-0.1, -0.05) is 26.2 Å². The van der Waals surface area contributed by atoms with Gasteiger partial charge in [0.2, 0.25) is 0 Å². The van der Waals surface area contributed by atoms with Crippen LogP contribution in [0.2, 0.25) is 0 Å². The molecule has 2 rings (SSSR count). The van der Waals surface area contributed by atoms with Crippen LogP contribution in [0.4, 0.5) is 0 Å². The highest BCUT2D eigenvalue weighted by Crippen LogP contribution is 2.47. The van der Waals surface area contributed by atoms with Crippen LogP contribution in [0.25, 0.3) is 0 Å². The smallest absolute Gasteiger partial charge is 0.0771 e. The molecule has 2 saturated carbocycles. The van der Waals surface area contributed by atoms with Crippen molar-refractivity contribution in [2.45, 2.75) is 63.9 Å². The van der Waals surface area contributed by atoms with Gasteiger partial charge in [-0.3, -0.25) is 0 Å². The molecule has 2 N–H and O–H groups in total. The molecule has 15 heavy (non-hydrogen) atoms. The molecule has 0 radical (unpaired) electrons. The minimum Gasteiger partial charge on any atom is -0.389 e. The third-order valence-electron chi connectivity index (χ3n) is 4.45. The van der Waals surface area contributed by atoms with Gasteiger partial charge in [-0.2, -0.15) is 0 Å². The first-order chi connectivity index (χ1) is 7.18. The maximum Gasteiger partial charge on any atom is 0.0771 e. The van der Waals surface area contributed by atoms with E-state index in [2.05, 4.69) is 12.2 Å². The Labute approximate surface area is 93.5 Å². The summed E-state index contributed by atoms with van der Waals surface area (Å²) in [6.45, 7) is 4.21. The predicted molar refractivity (Wildman–Crippen MR) is 62.9 cm³/mol. The number of hydrogen-bond donors (Lipinski definition) is 2. The molecule has 0 saturated heterocycles. The first kappa shape index (κ1) is 11.4. The van der Waals surface area contributed by atoms with E-state index in [4.69, 9.17) is 0 Å². The van der Waals surface area contributed by atoms with Crippen molar-refractivity contribution in [2.75, 3.05) is 13.1 Å². The van der Waals surface area contributed by atoms with Crippen LogP contribution >= 0.6 is 0 Å². The van der Waals surface area contributed by atoms with E-state index in [0.717, 1.165) is 25.9 Å². The van der Waals surface area contributed by atoms with Crippen molar-refractivity contribution in [3.05, 3.63) is 0 Å². The highest BCUT2D eigenvalue weighted by atomic mass is 16.3. The first-order valence-electron chi connectivity index (χ1n) is 6.61. The van der Waals surface area contributed by atoms with Gasteiger partial charge in [0, 0.05) is 13.1 Å². The maximum atomic E-state index is 10.3. The Morgan fingerprint density at radius 3 is 2.20 bits per heavy atom. The molecule has 2 fully saturated rings. The maximum absolute atomic E-state index is 10.3. The number of hydrogen-bond acceptors (Lipinski definition) is 2. The van der Waals surface area contributed by atoms with E-state index < -0.39 is 0 Å². The van der Waals surface area contributed by atoms with Crippen LogP contribution in [-0.2, 0) is 0 Å². The number of aliphatic hydroxyl groups is 1. The highest BCUT2D eigenvalue weighted by molar-refractivity contribution is 4.94. The van der Waals surface area contributed by atoms with Crippen LogP contribution in [0.3, 0.4) is 0 Å². The lowest BCUT2D eigenvalue weighted by atomic mass is 9.85. The summed E-state index contributed by atoms with van der Waals surface area (Å²) in [7, 11) is 0. The summed E-state index contributed by atoms with van der Waals surface area (Å²) < 4.78 is 0. The Bertz CT molecular complexity index is 205. The van der Waals surface area contributed by atoms with Gasteiger partial charge in [-0.25, -0.2) is 0 Å². The van der Waals surface area contributed by atoms with Crippen molar-refractivity contribution in [1.29, 1.82) is 0 Å². The molecular formula is C13H25NO. The second kappa shape index (κ2) is 4.42. The zero-order valence-electron chi connectivity index (χ0n) is 10.0. The van der Waals surface area contributed by atoms with Crippen molar-refractivity contribution in [2.24, 2.45) is 5.41 Å². The normalized spacial score (nSPS) is 27.6. The molecule has 2 nitrogen and oxygen atoms in total. The Morgan fingerprint density at radius 2 is 1.67 bits per heavy atom. The van der Waals surface area contributed by atoms with E-state index in [1.807, 2.05) is 0 Å². The molecule has 0 aliphatic heterocycles. The van der Waals surface area contributed by atoms with Gasteiger partial charge < -0.3 is 10.4 Å². The Hall–Kier alpha value is -0.0800. The molecule has 0 amide bonds. The fourth-order valence-corrected chi connectivity index (χ4v) is 2.78. The van der Waals surface area contributed by atoms with Crippen molar-refractivity contribution >= 4 is 0 Å². The SMILES string of the molecule is CCC1(CNCC2(O)CCCCC2)CC1. The van der Waals surface area contributed by atoms with Gasteiger partial charge in [-0.05, 0) is 37.5 Å². The second-order valence-corrected chi connectivity index (χ2v) is 5.74. The van der Waals surface area contributed by atoms with Crippen molar-refractivity contribution in [3.63, 3.8) is 0 Å². The summed E-state index contributed by atoms with van der Waals surface area (Å²) in [6.07, 6.45) is 9.77. The van der Waals surface area contributed by atoms with E-state index in [1.165, 1.54) is 38.5 Å². The minimum atomic E-state index is -0.387. The molecule has 0 aromatic carbocycles. The molecule has 0 spiro atoms. The highest BCUT2D eigenvalue weighted by Gasteiger charge is 2.40. The Balaban J connectivity index is 1.68. The average molecular weight is 211 g/mol. The van der Waals surface area contributed by atoms with Gasteiger partial charge in [-0.15, -0.1) is 0 Å². The van der Waals surface area contributed by atoms with Crippen molar-refractivity contribution < 1.29 is 5.11 Å². The van der Waals surface area contributed by atoms with Gasteiger partial charge in [0.25, 0.3) is 0 Å². The van der Waals surface area contributed by atoms with E-state index in [0.29, 0.717) is 5.41 Å². The Morgan fingerprint density at radius 1 is 1.00 bits per heavy atom. The monoisotopic (exact) mass is 211 g/mol. The van der Waals surface area contributed by atoms with E-state index >= 15 is 0 Å². The van der Waals surface area contributed by atoms with Gasteiger partial charge in [0.15, 0.2) is 0 Å². The van der Waals surface area contributed by atoms with Crippen LogP contribution in [0.15, 0.2) is 0 Å². The Kier molecular flexibility index (Phi) is 3.36. The van der Waals surface area contributed by atoms with Gasteiger partial charge in [0.05, 0.1) is 5.60 Å². The summed E-state index contributed by atoms with van der Waals surface area (Å²) >= 11 is 0.